The lowest BCUT2D eigenvalue weighted by Gasteiger charge is -2.32. The number of hydrogen-bond acceptors (Lipinski definition) is 7. The summed E-state index contributed by atoms with van der Waals surface area (Å²) in [6, 6.07) is 19.0. The number of aliphatic imine (C=N–C) groups is 1. The van der Waals surface area contributed by atoms with E-state index in [0.717, 1.165) is 22.2 Å². The molecule has 10 heteroatoms. The number of benzene rings is 3. The molecule has 4 aromatic rings. The number of H-pyrrole nitrogens is 1. The fraction of sp³-hybridized carbons (Fsp3) is 0.233. The number of aryl methyl sites for hydroxylation is 1. The Morgan fingerprint density at radius 3 is 2.88 bits per heavy atom. The first-order chi connectivity index (χ1) is 19.5. The summed E-state index contributed by atoms with van der Waals surface area (Å²) in [5.41, 5.74) is 4.84. The topological polar surface area (TPSA) is 139 Å². The van der Waals surface area contributed by atoms with Crippen LogP contribution in [0.15, 0.2) is 72.0 Å². The van der Waals surface area contributed by atoms with Crippen LogP contribution < -0.4 is 14.8 Å². The molecule has 2 aliphatic rings. The molecule has 40 heavy (non-hydrogen) atoms. The summed E-state index contributed by atoms with van der Waals surface area (Å²) >= 11 is 0. The Balaban J connectivity index is 1.31. The van der Waals surface area contributed by atoms with Gasteiger partial charge in [0.25, 0.3) is 0 Å². The quantitative estimate of drug-likeness (QED) is 0.320. The van der Waals surface area contributed by atoms with E-state index >= 15 is 0 Å². The molecule has 6 rings (SSSR count). The molecule has 10 nitrogen and oxygen atoms in total. The minimum Gasteiger partial charge on any atom is -0.457 e. The average Bonchev–Trinajstić information content (AvgIpc) is 3.64. The number of imidazole rings is 1. The van der Waals surface area contributed by atoms with E-state index < -0.39 is 30.1 Å². The van der Waals surface area contributed by atoms with Crippen molar-refractivity contribution in [3.63, 3.8) is 0 Å². The van der Waals surface area contributed by atoms with Crippen LogP contribution in [0.25, 0.3) is 11.0 Å². The van der Waals surface area contributed by atoms with E-state index in [-0.39, 0.29) is 6.79 Å². The number of hydrogen-bond donors (Lipinski definition) is 2. The molecule has 3 heterocycles. The van der Waals surface area contributed by atoms with Gasteiger partial charge in [-0.15, -0.1) is 0 Å². The monoisotopic (exact) mass is 535 g/mol. The van der Waals surface area contributed by atoms with E-state index in [2.05, 4.69) is 26.3 Å². The van der Waals surface area contributed by atoms with Crippen molar-refractivity contribution in [1.29, 1.82) is 5.26 Å². The number of nitriles is 1. The van der Waals surface area contributed by atoms with Gasteiger partial charge < -0.3 is 24.5 Å². The molecule has 2 amide bonds. The number of aromatic nitrogens is 2. The zero-order valence-electron chi connectivity index (χ0n) is 21.6. The Hall–Kier alpha value is -5.17. The molecule has 0 saturated heterocycles. The zero-order chi connectivity index (χ0) is 27.6. The van der Waals surface area contributed by atoms with Gasteiger partial charge in [0.05, 0.1) is 35.0 Å². The smallest absolute Gasteiger partial charge is 0.341 e. The number of nitrogens with zero attached hydrogens (tertiary/aromatic N) is 3. The third-order valence-corrected chi connectivity index (χ3v) is 7.16. The number of esters is 1. The maximum atomic E-state index is 13.8. The SMILES string of the molecule is CC(OC(=O)C1C(CCc2ccc3c(c2)OCO3)=NC(=O)NC1c1ccc2nc[nH]c2c1)c1cccc(C#N)c1. The molecule has 0 aliphatic carbocycles. The van der Waals surface area contributed by atoms with Crippen molar-refractivity contribution < 1.29 is 23.8 Å². The molecule has 3 atom stereocenters. The largest absolute Gasteiger partial charge is 0.457 e. The molecule has 3 aromatic carbocycles. The van der Waals surface area contributed by atoms with Crippen molar-refractivity contribution in [2.45, 2.75) is 31.9 Å². The average molecular weight is 536 g/mol. The first kappa shape index (κ1) is 25.1. The summed E-state index contributed by atoms with van der Waals surface area (Å²) in [5.74, 6) is -0.0399. The molecule has 2 aliphatic heterocycles. The fourth-order valence-corrected chi connectivity index (χ4v) is 5.09. The second kappa shape index (κ2) is 10.5. The van der Waals surface area contributed by atoms with Crippen molar-refractivity contribution in [3.05, 3.63) is 89.2 Å². The second-order valence-electron chi connectivity index (χ2n) is 9.69. The standard InChI is InChI=1S/C30H25N5O5/c1-17(20-4-2-3-19(11-20)14-31)40-29(36)27-23(8-5-18-6-10-25-26(12-18)39-16-38-25)34-30(37)35-28(27)21-7-9-22-24(13-21)33-15-32-22/h2-4,6-7,9-13,15,17,27-28H,5,8,16H2,1H3,(H,32,33)(H,35,37). The van der Waals surface area contributed by atoms with Crippen molar-refractivity contribution in [1.82, 2.24) is 15.3 Å². The second-order valence-corrected chi connectivity index (χ2v) is 9.69. The molecule has 0 fully saturated rings. The highest BCUT2D eigenvalue weighted by Crippen LogP contribution is 2.35. The van der Waals surface area contributed by atoms with Gasteiger partial charge in [0.15, 0.2) is 11.5 Å². The summed E-state index contributed by atoms with van der Waals surface area (Å²) in [4.78, 5) is 38.2. The van der Waals surface area contributed by atoms with E-state index in [0.29, 0.717) is 41.2 Å². The maximum Gasteiger partial charge on any atom is 0.341 e. The minimum absolute atomic E-state index is 0.178. The van der Waals surface area contributed by atoms with Gasteiger partial charge in [-0.25, -0.2) is 14.8 Å². The van der Waals surface area contributed by atoms with Crippen molar-refractivity contribution >= 4 is 28.7 Å². The maximum absolute atomic E-state index is 13.8. The predicted octanol–water partition coefficient (Wildman–Crippen LogP) is 4.92. The molecule has 0 radical (unpaired) electrons. The summed E-state index contributed by atoms with van der Waals surface area (Å²) in [6.45, 7) is 1.93. The van der Waals surface area contributed by atoms with Crippen molar-refractivity contribution in [3.8, 4) is 17.6 Å². The number of carbonyl (C=O) groups is 2. The lowest BCUT2D eigenvalue weighted by atomic mass is 9.85. The number of fused-ring (bicyclic) bond motifs is 2. The van der Waals surface area contributed by atoms with Crippen molar-refractivity contribution in [2.24, 2.45) is 10.9 Å². The minimum atomic E-state index is -0.867. The van der Waals surface area contributed by atoms with Crippen LogP contribution in [-0.2, 0) is 16.0 Å². The van der Waals surface area contributed by atoms with E-state index in [1.165, 1.54) is 0 Å². The Labute approximate surface area is 229 Å². The Bertz CT molecular complexity index is 1690. The number of carbonyl (C=O) groups excluding carboxylic acids is 2. The molecular weight excluding hydrogens is 510 g/mol. The van der Waals surface area contributed by atoms with Gasteiger partial charge in [0, 0.05) is 5.71 Å². The lowest BCUT2D eigenvalue weighted by molar-refractivity contribution is -0.152. The molecular formula is C30H25N5O5. The van der Waals surface area contributed by atoms with Crippen LogP contribution in [0.4, 0.5) is 4.79 Å². The third-order valence-electron chi connectivity index (χ3n) is 7.16. The predicted molar refractivity (Wildman–Crippen MR) is 145 cm³/mol. The summed E-state index contributed by atoms with van der Waals surface area (Å²) in [6.07, 6.45) is 1.85. The van der Waals surface area contributed by atoms with E-state index in [1.54, 1.807) is 37.5 Å². The summed E-state index contributed by atoms with van der Waals surface area (Å²) < 4.78 is 16.8. The molecule has 200 valence electrons. The van der Waals surface area contributed by atoms with E-state index in [1.807, 2.05) is 36.4 Å². The fourth-order valence-electron chi connectivity index (χ4n) is 5.09. The van der Waals surface area contributed by atoms with Crippen LogP contribution >= 0.6 is 0 Å². The summed E-state index contributed by atoms with van der Waals surface area (Å²) in [7, 11) is 0. The first-order valence-electron chi connectivity index (χ1n) is 12.9. The number of ether oxygens (including phenoxy) is 3. The normalized spacial score (nSPS) is 18.5. The van der Waals surface area contributed by atoms with Gasteiger partial charge in [-0.3, -0.25) is 4.79 Å². The number of rotatable bonds is 7. The van der Waals surface area contributed by atoms with Gasteiger partial charge in [0.2, 0.25) is 6.79 Å². The third kappa shape index (κ3) is 4.97. The van der Waals surface area contributed by atoms with Gasteiger partial charge in [-0.1, -0.05) is 24.3 Å². The highest BCUT2D eigenvalue weighted by atomic mass is 16.7. The molecule has 0 saturated carbocycles. The summed E-state index contributed by atoms with van der Waals surface area (Å²) in [5, 5.41) is 12.2. The van der Waals surface area contributed by atoms with Gasteiger partial charge >= 0.3 is 12.0 Å². The van der Waals surface area contributed by atoms with Crippen LogP contribution in [0.1, 0.15) is 47.7 Å². The van der Waals surface area contributed by atoms with E-state index in [4.69, 9.17) is 14.2 Å². The highest BCUT2D eigenvalue weighted by Gasteiger charge is 2.40. The van der Waals surface area contributed by atoms with Crippen LogP contribution in [0.2, 0.25) is 0 Å². The number of urea groups is 1. The number of aromatic amines is 1. The van der Waals surface area contributed by atoms with Crippen LogP contribution in [0, 0.1) is 17.2 Å². The van der Waals surface area contributed by atoms with Gasteiger partial charge in [0.1, 0.15) is 12.0 Å². The van der Waals surface area contributed by atoms with Gasteiger partial charge in [-0.2, -0.15) is 5.26 Å². The van der Waals surface area contributed by atoms with Crippen LogP contribution in [-0.4, -0.2) is 34.5 Å². The van der Waals surface area contributed by atoms with Crippen LogP contribution in [0.3, 0.4) is 0 Å². The van der Waals surface area contributed by atoms with Gasteiger partial charge in [-0.05, 0) is 72.9 Å². The Morgan fingerprint density at radius 2 is 2.00 bits per heavy atom. The Morgan fingerprint density at radius 1 is 1.12 bits per heavy atom. The molecule has 2 N–H and O–H groups in total. The lowest BCUT2D eigenvalue weighted by Crippen LogP contribution is -2.45. The van der Waals surface area contributed by atoms with E-state index in [9.17, 15) is 14.9 Å². The number of amides is 2. The molecule has 3 unspecified atom stereocenters. The highest BCUT2D eigenvalue weighted by molar-refractivity contribution is 6.09. The molecule has 0 spiro atoms. The number of nitrogens with one attached hydrogen (secondary N) is 2. The zero-order valence-corrected chi connectivity index (χ0v) is 21.6. The van der Waals surface area contributed by atoms with Crippen LogP contribution in [0.5, 0.6) is 11.5 Å². The molecule has 1 aromatic heterocycles. The molecule has 0 bridgehead atoms. The first-order valence-corrected chi connectivity index (χ1v) is 12.9. The van der Waals surface area contributed by atoms with Crippen molar-refractivity contribution in [2.75, 3.05) is 6.79 Å². The Kier molecular flexibility index (Phi) is 6.62.